The Labute approximate surface area is 115 Å². The molecule has 4 heteroatoms. The Morgan fingerprint density at radius 1 is 1.21 bits per heavy atom. The molecule has 0 fully saturated rings. The van der Waals surface area contributed by atoms with E-state index in [2.05, 4.69) is 0 Å². The van der Waals surface area contributed by atoms with Gasteiger partial charge in [-0.25, -0.2) is 0 Å². The third-order valence-corrected chi connectivity index (χ3v) is 6.91. The molecule has 0 aliphatic carbocycles. The molecule has 0 saturated carbocycles. The quantitative estimate of drug-likeness (QED) is 0.610. The SMILES string of the molecule is CCCC(=O)OC[P@](=O)(c1ccccc1)C(C)(C)C. The summed E-state index contributed by atoms with van der Waals surface area (Å²) in [7, 11) is -2.78. The van der Waals surface area contributed by atoms with Crippen LogP contribution in [0, 0.1) is 0 Å². The second-order valence-electron chi connectivity index (χ2n) is 5.64. The summed E-state index contributed by atoms with van der Waals surface area (Å²) in [5.74, 6) is -0.275. The Morgan fingerprint density at radius 3 is 2.26 bits per heavy atom. The fourth-order valence-electron chi connectivity index (χ4n) is 1.76. The van der Waals surface area contributed by atoms with E-state index in [1.54, 1.807) is 0 Å². The predicted octanol–water partition coefficient (Wildman–Crippen LogP) is 3.77. The minimum atomic E-state index is -2.78. The summed E-state index contributed by atoms with van der Waals surface area (Å²) < 4.78 is 18.5. The van der Waals surface area contributed by atoms with Gasteiger partial charge in [-0.3, -0.25) is 4.79 Å². The van der Waals surface area contributed by atoms with Gasteiger partial charge in [-0.1, -0.05) is 58.0 Å². The highest BCUT2D eigenvalue weighted by atomic mass is 31.2. The van der Waals surface area contributed by atoms with E-state index in [1.807, 2.05) is 58.0 Å². The zero-order chi connectivity index (χ0) is 14.5. The molecule has 0 aliphatic heterocycles. The van der Waals surface area contributed by atoms with Crippen molar-refractivity contribution in [2.75, 3.05) is 6.35 Å². The van der Waals surface area contributed by atoms with Crippen LogP contribution in [0.1, 0.15) is 40.5 Å². The Balaban J connectivity index is 2.97. The third-order valence-electron chi connectivity index (χ3n) is 3.12. The Kier molecular flexibility index (Phi) is 5.37. The van der Waals surface area contributed by atoms with Gasteiger partial charge in [-0.05, 0) is 6.42 Å². The molecule has 0 heterocycles. The van der Waals surface area contributed by atoms with E-state index in [4.69, 9.17) is 4.74 Å². The summed E-state index contributed by atoms with van der Waals surface area (Å²) in [4.78, 5) is 11.5. The number of hydrogen-bond acceptors (Lipinski definition) is 3. The first-order valence-corrected chi connectivity index (χ1v) is 8.51. The molecule has 1 rings (SSSR count). The fraction of sp³-hybridized carbons (Fsp3) is 0.533. The highest BCUT2D eigenvalue weighted by molar-refractivity contribution is 7.72. The lowest BCUT2D eigenvalue weighted by Crippen LogP contribution is -2.27. The molecule has 106 valence electrons. The van der Waals surface area contributed by atoms with E-state index >= 15 is 0 Å². The molecule has 1 aromatic carbocycles. The van der Waals surface area contributed by atoms with E-state index < -0.39 is 12.3 Å². The number of carbonyl (C=O) groups is 1. The third kappa shape index (κ3) is 3.94. The molecule has 0 aliphatic rings. The zero-order valence-corrected chi connectivity index (χ0v) is 13.1. The summed E-state index contributed by atoms with van der Waals surface area (Å²) in [6.07, 6.45) is 1.10. The summed E-state index contributed by atoms with van der Waals surface area (Å²) in [5.41, 5.74) is 0. The molecule has 0 N–H and O–H groups in total. The maximum atomic E-state index is 13.3. The van der Waals surface area contributed by atoms with Crippen LogP contribution in [0.4, 0.5) is 0 Å². The van der Waals surface area contributed by atoms with Crippen molar-refractivity contribution in [3.8, 4) is 0 Å². The van der Waals surface area contributed by atoms with E-state index in [0.29, 0.717) is 6.42 Å². The molecular formula is C15H23O3P. The van der Waals surface area contributed by atoms with Gasteiger partial charge < -0.3 is 9.30 Å². The lowest BCUT2D eigenvalue weighted by atomic mass is 10.3. The van der Waals surface area contributed by atoms with E-state index in [1.165, 1.54) is 0 Å². The summed E-state index contributed by atoms with van der Waals surface area (Å²) in [6, 6.07) is 9.31. The first-order valence-electron chi connectivity index (χ1n) is 6.61. The van der Waals surface area contributed by atoms with Crippen LogP contribution in [0.25, 0.3) is 0 Å². The lowest BCUT2D eigenvalue weighted by molar-refractivity contribution is -0.141. The van der Waals surface area contributed by atoms with Crippen LogP contribution < -0.4 is 5.30 Å². The van der Waals surface area contributed by atoms with Gasteiger partial charge in [0, 0.05) is 16.9 Å². The van der Waals surface area contributed by atoms with Crippen molar-refractivity contribution in [1.29, 1.82) is 0 Å². The smallest absolute Gasteiger partial charge is 0.306 e. The molecule has 0 radical (unpaired) electrons. The number of carbonyl (C=O) groups excluding carboxylic acids is 1. The fourth-order valence-corrected chi connectivity index (χ4v) is 4.05. The molecule has 0 unspecified atom stereocenters. The van der Waals surface area contributed by atoms with Gasteiger partial charge in [-0.15, -0.1) is 0 Å². The largest absolute Gasteiger partial charge is 0.457 e. The first kappa shape index (κ1) is 16.0. The number of benzene rings is 1. The van der Waals surface area contributed by atoms with Gasteiger partial charge in [0.1, 0.15) is 6.35 Å². The highest BCUT2D eigenvalue weighted by Crippen LogP contribution is 2.56. The van der Waals surface area contributed by atoms with Gasteiger partial charge >= 0.3 is 5.97 Å². The van der Waals surface area contributed by atoms with Gasteiger partial charge in [-0.2, -0.15) is 0 Å². The molecule has 0 amide bonds. The van der Waals surface area contributed by atoms with E-state index in [9.17, 15) is 9.36 Å². The normalized spacial score (nSPS) is 14.7. The van der Waals surface area contributed by atoms with Crippen molar-refractivity contribution in [3.63, 3.8) is 0 Å². The monoisotopic (exact) mass is 282 g/mol. The van der Waals surface area contributed by atoms with Crippen molar-refractivity contribution < 1.29 is 14.1 Å². The zero-order valence-electron chi connectivity index (χ0n) is 12.2. The molecule has 0 spiro atoms. The van der Waals surface area contributed by atoms with Gasteiger partial charge in [0.25, 0.3) is 0 Å². The van der Waals surface area contributed by atoms with Gasteiger partial charge in [0.05, 0.1) is 0 Å². The minimum Gasteiger partial charge on any atom is -0.457 e. The van der Waals surface area contributed by atoms with Crippen LogP contribution >= 0.6 is 7.14 Å². The molecule has 0 saturated heterocycles. The van der Waals surface area contributed by atoms with E-state index in [-0.39, 0.29) is 12.3 Å². The van der Waals surface area contributed by atoms with Crippen molar-refractivity contribution in [3.05, 3.63) is 30.3 Å². The average Bonchev–Trinajstić information content (AvgIpc) is 2.36. The first-order chi connectivity index (χ1) is 8.81. The molecule has 3 nitrogen and oxygen atoms in total. The molecule has 1 aromatic rings. The summed E-state index contributed by atoms with van der Waals surface area (Å²) in [5, 5.41) is 0.340. The minimum absolute atomic E-state index is 0.0145. The maximum Gasteiger partial charge on any atom is 0.306 e. The molecule has 0 aromatic heterocycles. The van der Waals surface area contributed by atoms with Gasteiger partial charge in [0.2, 0.25) is 0 Å². The standard InChI is InChI=1S/C15H23O3P/c1-5-9-14(16)18-12-19(17,15(2,3)4)13-10-7-6-8-11-13/h6-8,10-11H,5,9,12H2,1-4H3/t19-/m0/s1. The number of hydrogen-bond donors (Lipinski definition) is 0. The van der Waals surface area contributed by atoms with Crippen LogP contribution in [0.15, 0.2) is 30.3 Å². The van der Waals surface area contributed by atoms with Crippen molar-refractivity contribution in [2.45, 2.75) is 45.7 Å². The van der Waals surface area contributed by atoms with E-state index in [0.717, 1.165) is 11.7 Å². The number of rotatable bonds is 5. The second kappa shape index (κ2) is 6.38. The van der Waals surface area contributed by atoms with Crippen LogP contribution in [-0.2, 0) is 14.1 Å². The number of ether oxygens (including phenoxy) is 1. The topological polar surface area (TPSA) is 43.4 Å². The molecule has 19 heavy (non-hydrogen) atoms. The summed E-state index contributed by atoms with van der Waals surface area (Å²) >= 11 is 0. The highest BCUT2D eigenvalue weighted by Gasteiger charge is 2.39. The van der Waals surface area contributed by atoms with Crippen LogP contribution in [0.5, 0.6) is 0 Å². The lowest BCUT2D eigenvalue weighted by Gasteiger charge is -2.31. The van der Waals surface area contributed by atoms with Gasteiger partial charge in [0.15, 0.2) is 7.14 Å². The maximum absolute atomic E-state index is 13.3. The van der Waals surface area contributed by atoms with Crippen LogP contribution in [0.3, 0.4) is 0 Å². The van der Waals surface area contributed by atoms with Crippen molar-refractivity contribution in [1.82, 2.24) is 0 Å². The molecule has 0 bridgehead atoms. The molecule has 1 atom stereocenters. The predicted molar refractivity (Wildman–Crippen MR) is 79.3 cm³/mol. The Bertz CT molecular complexity index is 460. The van der Waals surface area contributed by atoms with Crippen LogP contribution in [-0.4, -0.2) is 17.5 Å². The Morgan fingerprint density at radius 2 is 1.79 bits per heavy atom. The van der Waals surface area contributed by atoms with Crippen molar-refractivity contribution in [2.24, 2.45) is 0 Å². The average molecular weight is 282 g/mol. The molecular weight excluding hydrogens is 259 g/mol. The Hall–Kier alpha value is -1.08. The second-order valence-corrected chi connectivity index (χ2v) is 9.24. The van der Waals surface area contributed by atoms with Crippen molar-refractivity contribution >= 4 is 18.4 Å². The van der Waals surface area contributed by atoms with Crippen LogP contribution in [0.2, 0.25) is 0 Å². The number of esters is 1. The summed E-state index contributed by atoms with van der Waals surface area (Å²) in [6.45, 7) is 7.69.